The molecule has 0 bridgehead atoms. The molecule has 6 heteroatoms. The Morgan fingerprint density at radius 1 is 1.17 bits per heavy atom. The third-order valence-electron chi connectivity index (χ3n) is 2.59. The smallest absolute Gasteiger partial charge is 0.192 e. The van der Waals surface area contributed by atoms with Crippen molar-refractivity contribution in [3.8, 4) is 10.7 Å². The van der Waals surface area contributed by atoms with Gasteiger partial charge in [0, 0.05) is 5.69 Å². The highest BCUT2D eigenvalue weighted by Gasteiger charge is 2.09. The van der Waals surface area contributed by atoms with Crippen molar-refractivity contribution in [3.05, 3.63) is 47.3 Å². The van der Waals surface area contributed by atoms with Crippen molar-refractivity contribution in [1.29, 1.82) is 0 Å². The summed E-state index contributed by atoms with van der Waals surface area (Å²) in [5.74, 6) is 0.793. The van der Waals surface area contributed by atoms with Crippen LogP contribution in [0, 0.1) is 0 Å². The molecule has 3 aromatic rings. The molecule has 2 aromatic heterocycles. The van der Waals surface area contributed by atoms with Crippen molar-refractivity contribution >= 4 is 17.0 Å². The number of benzene rings is 1. The largest absolute Gasteiger partial charge is 0.399 e. The minimum atomic E-state index is 0.639. The van der Waals surface area contributed by atoms with Crippen LogP contribution < -0.4 is 5.73 Å². The Morgan fingerprint density at radius 3 is 2.72 bits per heavy atom. The molecule has 90 valence electrons. The number of rotatable bonds is 3. The van der Waals surface area contributed by atoms with Crippen molar-refractivity contribution in [1.82, 2.24) is 20.2 Å². The first kappa shape index (κ1) is 10.9. The second-order valence-corrected chi connectivity index (χ2v) is 4.83. The Balaban J connectivity index is 1.90. The van der Waals surface area contributed by atoms with Crippen LogP contribution in [0.5, 0.6) is 0 Å². The first-order chi connectivity index (χ1) is 8.83. The molecule has 0 spiro atoms. The van der Waals surface area contributed by atoms with E-state index in [0.29, 0.717) is 6.54 Å². The maximum atomic E-state index is 5.66. The molecule has 0 fully saturated rings. The Morgan fingerprint density at radius 2 is 2.00 bits per heavy atom. The lowest BCUT2D eigenvalue weighted by Crippen LogP contribution is -2.03. The van der Waals surface area contributed by atoms with Crippen LogP contribution in [0.15, 0.2) is 41.8 Å². The summed E-state index contributed by atoms with van der Waals surface area (Å²) in [6.45, 7) is 0.639. The molecule has 0 aliphatic heterocycles. The summed E-state index contributed by atoms with van der Waals surface area (Å²) in [6.07, 6.45) is 0. The molecular formula is C12H11N5S. The summed E-state index contributed by atoms with van der Waals surface area (Å²) < 4.78 is 1.79. The Labute approximate surface area is 108 Å². The Kier molecular flexibility index (Phi) is 2.77. The van der Waals surface area contributed by atoms with E-state index in [2.05, 4.69) is 15.5 Å². The summed E-state index contributed by atoms with van der Waals surface area (Å²) in [5, 5.41) is 13.8. The number of anilines is 1. The number of nitrogens with zero attached hydrogens (tertiary/aromatic N) is 4. The third kappa shape index (κ3) is 2.10. The monoisotopic (exact) mass is 257 g/mol. The van der Waals surface area contributed by atoms with Crippen LogP contribution >= 0.6 is 11.3 Å². The highest BCUT2D eigenvalue weighted by molar-refractivity contribution is 7.13. The maximum absolute atomic E-state index is 5.66. The van der Waals surface area contributed by atoms with Gasteiger partial charge in [0.2, 0.25) is 0 Å². The second kappa shape index (κ2) is 4.58. The quantitative estimate of drug-likeness (QED) is 0.729. The SMILES string of the molecule is Nc1ccc(Cn2nnnc2-c2cccs2)cc1. The molecule has 1 aromatic carbocycles. The van der Waals surface area contributed by atoms with Gasteiger partial charge in [0.05, 0.1) is 11.4 Å². The molecule has 0 atom stereocenters. The fraction of sp³-hybridized carbons (Fsp3) is 0.0833. The van der Waals surface area contributed by atoms with E-state index < -0.39 is 0 Å². The van der Waals surface area contributed by atoms with E-state index in [1.54, 1.807) is 16.0 Å². The van der Waals surface area contributed by atoms with Crippen LogP contribution in [0.25, 0.3) is 10.7 Å². The normalized spacial score (nSPS) is 10.7. The van der Waals surface area contributed by atoms with Gasteiger partial charge in [-0.3, -0.25) is 0 Å². The van der Waals surface area contributed by atoms with Crippen LogP contribution in [0.3, 0.4) is 0 Å². The zero-order chi connectivity index (χ0) is 12.4. The van der Waals surface area contributed by atoms with Gasteiger partial charge < -0.3 is 5.73 Å². The summed E-state index contributed by atoms with van der Waals surface area (Å²) in [6, 6.07) is 11.7. The molecule has 0 aliphatic rings. The molecule has 0 aliphatic carbocycles. The second-order valence-electron chi connectivity index (χ2n) is 3.88. The number of nitrogen functional groups attached to an aromatic ring is 1. The number of tetrazole rings is 1. The lowest BCUT2D eigenvalue weighted by molar-refractivity contribution is 0.654. The molecule has 3 rings (SSSR count). The maximum Gasteiger partial charge on any atom is 0.192 e. The lowest BCUT2D eigenvalue weighted by atomic mass is 10.2. The highest BCUT2D eigenvalue weighted by Crippen LogP contribution is 2.22. The van der Waals surface area contributed by atoms with Crippen molar-refractivity contribution in [2.75, 3.05) is 5.73 Å². The van der Waals surface area contributed by atoms with Gasteiger partial charge in [-0.25, -0.2) is 4.68 Å². The molecule has 18 heavy (non-hydrogen) atoms. The number of thiophene rings is 1. The van der Waals surface area contributed by atoms with E-state index in [9.17, 15) is 0 Å². The van der Waals surface area contributed by atoms with Crippen molar-refractivity contribution in [3.63, 3.8) is 0 Å². The highest BCUT2D eigenvalue weighted by atomic mass is 32.1. The van der Waals surface area contributed by atoms with E-state index in [1.165, 1.54) is 0 Å². The van der Waals surface area contributed by atoms with E-state index >= 15 is 0 Å². The number of aromatic nitrogens is 4. The molecular weight excluding hydrogens is 246 g/mol. The average Bonchev–Trinajstić information content (AvgIpc) is 3.02. The first-order valence-electron chi connectivity index (χ1n) is 5.47. The predicted molar refractivity (Wildman–Crippen MR) is 71.1 cm³/mol. The summed E-state index contributed by atoms with van der Waals surface area (Å²) in [7, 11) is 0. The number of nitrogens with two attached hydrogens (primary N) is 1. The van der Waals surface area contributed by atoms with Crippen LogP contribution in [0.2, 0.25) is 0 Å². The zero-order valence-electron chi connectivity index (χ0n) is 9.52. The summed E-state index contributed by atoms with van der Waals surface area (Å²) in [4.78, 5) is 1.07. The average molecular weight is 257 g/mol. The topological polar surface area (TPSA) is 69.6 Å². The van der Waals surface area contributed by atoms with Crippen molar-refractivity contribution < 1.29 is 0 Å². The van der Waals surface area contributed by atoms with Gasteiger partial charge >= 0.3 is 0 Å². The first-order valence-corrected chi connectivity index (χ1v) is 6.35. The van der Waals surface area contributed by atoms with Crippen molar-refractivity contribution in [2.45, 2.75) is 6.54 Å². The van der Waals surface area contributed by atoms with Crippen LogP contribution in [-0.4, -0.2) is 20.2 Å². The van der Waals surface area contributed by atoms with Gasteiger partial charge in [-0.2, -0.15) is 0 Å². The van der Waals surface area contributed by atoms with E-state index in [-0.39, 0.29) is 0 Å². The van der Waals surface area contributed by atoms with Gasteiger partial charge in [-0.1, -0.05) is 18.2 Å². The van der Waals surface area contributed by atoms with Gasteiger partial charge in [0.25, 0.3) is 0 Å². The molecule has 0 unspecified atom stereocenters. The van der Waals surface area contributed by atoms with E-state index in [4.69, 9.17) is 5.73 Å². The standard InChI is InChI=1S/C12H11N5S/c13-10-5-3-9(4-6-10)8-17-12(14-15-16-17)11-2-1-7-18-11/h1-7H,8,13H2. The van der Waals surface area contributed by atoms with Gasteiger partial charge in [-0.15, -0.1) is 16.4 Å². The van der Waals surface area contributed by atoms with Gasteiger partial charge in [0.15, 0.2) is 5.82 Å². The summed E-state index contributed by atoms with van der Waals surface area (Å²) >= 11 is 1.62. The zero-order valence-corrected chi connectivity index (χ0v) is 10.3. The lowest BCUT2D eigenvalue weighted by Gasteiger charge is -2.03. The van der Waals surface area contributed by atoms with E-state index in [1.807, 2.05) is 41.8 Å². The fourth-order valence-electron chi connectivity index (χ4n) is 1.69. The summed E-state index contributed by atoms with van der Waals surface area (Å²) in [5.41, 5.74) is 7.54. The van der Waals surface area contributed by atoms with Crippen LogP contribution in [0.4, 0.5) is 5.69 Å². The molecule has 5 nitrogen and oxygen atoms in total. The fourth-order valence-corrected chi connectivity index (χ4v) is 2.40. The minimum absolute atomic E-state index is 0.639. The Hall–Kier alpha value is -2.21. The number of hydrogen-bond acceptors (Lipinski definition) is 5. The Bertz CT molecular complexity index is 627. The molecule has 0 radical (unpaired) electrons. The van der Waals surface area contributed by atoms with E-state index in [0.717, 1.165) is 22.0 Å². The molecule has 2 N–H and O–H groups in total. The molecule has 0 amide bonds. The third-order valence-corrected chi connectivity index (χ3v) is 3.45. The van der Waals surface area contributed by atoms with Crippen LogP contribution in [-0.2, 0) is 6.54 Å². The van der Waals surface area contributed by atoms with Crippen molar-refractivity contribution in [2.24, 2.45) is 0 Å². The predicted octanol–water partition coefficient (Wildman–Crippen LogP) is 2.03. The molecule has 0 saturated carbocycles. The number of hydrogen-bond donors (Lipinski definition) is 1. The van der Waals surface area contributed by atoms with Gasteiger partial charge in [-0.05, 0) is 39.6 Å². The molecule has 2 heterocycles. The van der Waals surface area contributed by atoms with Gasteiger partial charge in [0.1, 0.15) is 0 Å². The van der Waals surface area contributed by atoms with Crippen LogP contribution in [0.1, 0.15) is 5.56 Å². The minimum Gasteiger partial charge on any atom is -0.399 e. The molecule has 0 saturated heterocycles.